The van der Waals surface area contributed by atoms with Crippen molar-refractivity contribution >= 4 is 11.4 Å². The fourth-order valence-corrected chi connectivity index (χ4v) is 1.86. The first-order valence-corrected chi connectivity index (χ1v) is 6.68. The van der Waals surface area contributed by atoms with E-state index in [0.29, 0.717) is 0 Å². The van der Waals surface area contributed by atoms with Crippen molar-refractivity contribution in [2.75, 3.05) is 23.7 Å². The molecule has 0 unspecified atom stereocenters. The number of aromatic nitrogens is 3. The maximum atomic E-state index is 4.30. The average Bonchev–Trinajstić information content (AvgIpc) is 2.83. The van der Waals surface area contributed by atoms with Gasteiger partial charge in [-0.15, -0.1) is 0 Å². The van der Waals surface area contributed by atoms with Crippen LogP contribution >= 0.6 is 0 Å². The van der Waals surface area contributed by atoms with E-state index in [9.17, 15) is 0 Å². The van der Waals surface area contributed by atoms with E-state index in [-0.39, 0.29) is 0 Å². The highest BCUT2D eigenvalue weighted by molar-refractivity contribution is 5.53. The molecule has 0 radical (unpaired) electrons. The number of hydrogen-bond donors (Lipinski definition) is 2. The summed E-state index contributed by atoms with van der Waals surface area (Å²) in [5.74, 6) is 1.08. The number of pyridine rings is 1. The topological polar surface area (TPSA) is 54.8 Å². The minimum Gasteiger partial charge on any atom is -0.384 e. The van der Waals surface area contributed by atoms with E-state index in [1.54, 1.807) is 0 Å². The van der Waals surface area contributed by atoms with Crippen LogP contribution < -0.4 is 10.6 Å². The van der Waals surface area contributed by atoms with E-state index >= 15 is 0 Å². The lowest BCUT2D eigenvalue weighted by Crippen LogP contribution is -2.09. The predicted molar refractivity (Wildman–Crippen MR) is 78.4 cm³/mol. The zero-order valence-electron chi connectivity index (χ0n) is 11.6. The molecule has 0 saturated carbocycles. The Morgan fingerprint density at radius 1 is 1.16 bits per heavy atom. The molecule has 2 aromatic heterocycles. The highest BCUT2D eigenvalue weighted by atomic mass is 15.0. The van der Waals surface area contributed by atoms with Crippen molar-refractivity contribution in [1.29, 1.82) is 0 Å². The van der Waals surface area contributed by atoms with Gasteiger partial charge in [-0.3, -0.25) is 4.98 Å². The van der Waals surface area contributed by atoms with Crippen molar-refractivity contribution in [1.82, 2.24) is 14.5 Å². The molecular weight excluding hydrogens is 238 g/mol. The van der Waals surface area contributed by atoms with Crippen LogP contribution in [0.1, 0.15) is 19.2 Å². The number of nitrogens with one attached hydrogen (secondary N) is 2. The third-order valence-corrected chi connectivity index (χ3v) is 2.92. The molecule has 0 atom stereocenters. The molecule has 102 valence electrons. The summed E-state index contributed by atoms with van der Waals surface area (Å²) in [6, 6.07) is 2.08. The summed E-state index contributed by atoms with van der Waals surface area (Å²) in [5.41, 5.74) is 2.10. The predicted octanol–water partition coefficient (Wildman–Crippen LogP) is 2.29. The number of imidazole rings is 1. The van der Waals surface area contributed by atoms with Crippen LogP contribution in [0.5, 0.6) is 0 Å². The number of nitrogens with zero attached hydrogens (tertiary/aromatic N) is 3. The van der Waals surface area contributed by atoms with Crippen molar-refractivity contribution in [3.63, 3.8) is 0 Å². The molecule has 0 aliphatic heterocycles. The van der Waals surface area contributed by atoms with Crippen LogP contribution in [0.2, 0.25) is 0 Å². The molecular formula is C14H21N5. The van der Waals surface area contributed by atoms with Crippen molar-refractivity contribution < 1.29 is 0 Å². The molecule has 0 aromatic carbocycles. The first-order valence-electron chi connectivity index (χ1n) is 6.68. The van der Waals surface area contributed by atoms with E-state index in [1.807, 2.05) is 36.4 Å². The second-order valence-electron chi connectivity index (χ2n) is 4.52. The molecule has 0 amide bonds. The van der Waals surface area contributed by atoms with Gasteiger partial charge in [-0.25, -0.2) is 4.98 Å². The number of hydrogen-bond acceptors (Lipinski definition) is 4. The average molecular weight is 259 g/mol. The van der Waals surface area contributed by atoms with Crippen LogP contribution in [0.15, 0.2) is 30.9 Å². The van der Waals surface area contributed by atoms with Gasteiger partial charge in [-0.2, -0.15) is 0 Å². The molecule has 0 spiro atoms. The number of rotatable bonds is 7. The number of anilines is 2. The number of aryl methyl sites for hydroxylation is 1. The lowest BCUT2D eigenvalue weighted by molar-refractivity contribution is 0.789. The molecule has 0 fully saturated rings. The zero-order chi connectivity index (χ0) is 13.5. The standard InChI is InChI=1S/C14H21N5/c1-3-5-16-12-9-13(11-15-10-12)17-6-4-14-18-7-8-19(14)2/h7-11,16-17H,3-6H2,1-2H3. The van der Waals surface area contributed by atoms with Gasteiger partial charge in [0.05, 0.1) is 23.8 Å². The van der Waals surface area contributed by atoms with E-state index in [2.05, 4.69) is 33.6 Å². The summed E-state index contributed by atoms with van der Waals surface area (Å²) >= 11 is 0. The maximum absolute atomic E-state index is 4.30. The van der Waals surface area contributed by atoms with Crippen molar-refractivity contribution in [3.05, 3.63) is 36.7 Å². The highest BCUT2D eigenvalue weighted by Gasteiger charge is 2.00. The summed E-state index contributed by atoms with van der Waals surface area (Å²) < 4.78 is 2.04. The molecule has 2 heterocycles. The van der Waals surface area contributed by atoms with Crippen LogP contribution in [0.3, 0.4) is 0 Å². The van der Waals surface area contributed by atoms with E-state index in [0.717, 1.165) is 43.1 Å². The Morgan fingerprint density at radius 2 is 1.89 bits per heavy atom. The lowest BCUT2D eigenvalue weighted by Gasteiger charge is -2.09. The molecule has 0 aliphatic carbocycles. The molecule has 0 saturated heterocycles. The fraction of sp³-hybridized carbons (Fsp3) is 0.429. The van der Waals surface area contributed by atoms with Gasteiger partial charge in [0.25, 0.3) is 0 Å². The molecule has 2 N–H and O–H groups in total. The van der Waals surface area contributed by atoms with Gasteiger partial charge in [0.2, 0.25) is 0 Å². The Hall–Kier alpha value is -2.04. The molecule has 2 rings (SSSR count). The summed E-state index contributed by atoms with van der Waals surface area (Å²) in [7, 11) is 2.01. The Balaban J connectivity index is 1.84. The molecule has 2 aromatic rings. The van der Waals surface area contributed by atoms with Crippen LogP contribution in [0.25, 0.3) is 0 Å². The minimum atomic E-state index is 0.851. The first kappa shape index (κ1) is 13.4. The molecule has 5 heteroatoms. The van der Waals surface area contributed by atoms with Gasteiger partial charge in [-0.05, 0) is 12.5 Å². The Labute approximate surface area is 114 Å². The lowest BCUT2D eigenvalue weighted by atomic mass is 10.3. The Bertz CT molecular complexity index is 506. The smallest absolute Gasteiger partial charge is 0.110 e. The van der Waals surface area contributed by atoms with Gasteiger partial charge >= 0.3 is 0 Å². The molecule has 0 aliphatic rings. The quantitative estimate of drug-likeness (QED) is 0.801. The van der Waals surface area contributed by atoms with Crippen LogP contribution in [-0.2, 0) is 13.5 Å². The largest absolute Gasteiger partial charge is 0.384 e. The van der Waals surface area contributed by atoms with Crippen LogP contribution in [0.4, 0.5) is 11.4 Å². The summed E-state index contributed by atoms with van der Waals surface area (Å²) in [4.78, 5) is 8.52. The van der Waals surface area contributed by atoms with E-state index < -0.39 is 0 Å². The first-order chi connectivity index (χ1) is 9.29. The third-order valence-electron chi connectivity index (χ3n) is 2.92. The van der Waals surface area contributed by atoms with Gasteiger partial charge in [0, 0.05) is 39.0 Å². The summed E-state index contributed by atoms with van der Waals surface area (Å²) in [6.07, 6.45) is 9.49. The SMILES string of the molecule is CCCNc1cncc(NCCc2nccn2C)c1. The van der Waals surface area contributed by atoms with Crippen LogP contribution in [0, 0.1) is 0 Å². The van der Waals surface area contributed by atoms with Gasteiger partial charge in [0.15, 0.2) is 0 Å². The van der Waals surface area contributed by atoms with Gasteiger partial charge in [-0.1, -0.05) is 6.92 Å². The monoisotopic (exact) mass is 259 g/mol. The molecule has 5 nitrogen and oxygen atoms in total. The maximum Gasteiger partial charge on any atom is 0.110 e. The summed E-state index contributed by atoms with van der Waals surface area (Å²) in [6.45, 7) is 3.97. The zero-order valence-corrected chi connectivity index (χ0v) is 11.6. The highest BCUT2D eigenvalue weighted by Crippen LogP contribution is 2.12. The minimum absolute atomic E-state index is 0.851. The second-order valence-corrected chi connectivity index (χ2v) is 4.52. The molecule has 0 bridgehead atoms. The van der Waals surface area contributed by atoms with E-state index in [1.165, 1.54) is 0 Å². The third kappa shape index (κ3) is 3.98. The van der Waals surface area contributed by atoms with Gasteiger partial charge in [0.1, 0.15) is 5.82 Å². The van der Waals surface area contributed by atoms with E-state index in [4.69, 9.17) is 0 Å². The van der Waals surface area contributed by atoms with Crippen LogP contribution in [-0.4, -0.2) is 27.6 Å². The summed E-state index contributed by atoms with van der Waals surface area (Å²) in [5, 5.41) is 6.70. The normalized spacial score (nSPS) is 10.4. The van der Waals surface area contributed by atoms with Crippen molar-refractivity contribution in [2.45, 2.75) is 19.8 Å². The van der Waals surface area contributed by atoms with Crippen molar-refractivity contribution in [2.24, 2.45) is 7.05 Å². The van der Waals surface area contributed by atoms with Gasteiger partial charge < -0.3 is 15.2 Å². The second kappa shape index (κ2) is 6.78. The fourth-order valence-electron chi connectivity index (χ4n) is 1.86. The van der Waals surface area contributed by atoms with Crippen molar-refractivity contribution in [3.8, 4) is 0 Å². The Morgan fingerprint density at radius 3 is 2.53 bits per heavy atom. The molecule has 19 heavy (non-hydrogen) atoms. The Kier molecular flexibility index (Phi) is 4.78.